The molecule has 1 aromatic carbocycles. The van der Waals surface area contributed by atoms with Gasteiger partial charge in [0.2, 0.25) is 0 Å². The van der Waals surface area contributed by atoms with Gasteiger partial charge >= 0.3 is 12.0 Å². The van der Waals surface area contributed by atoms with E-state index in [9.17, 15) is 9.59 Å². The van der Waals surface area contributed by atoms with E-state index in [0.717, 1.165) is 16.8 Å². The van der Waals surface area contributed by atoms with Gasteiger partial charge in [0.15, 0.2) is 0 Å². The predicted molar refractivity (Wildman–Crippen MR) is 88.3 cm³/mol. The number of carbonyl (C=O) groups excluding carboxylic acids is 2. The van der Waals surface area contributed by atoms with E-state index in [1.807, 2.05) is 37.3 Å². The number of rotatable bonds is 3. The molecule has 23 heavy (non-hydrogen) atoms. The minimum atomic E-state index is -0.598. The Morgan fingerprint density at radius 3 is 2.30 bits per heavy atom. The minimum Gasteiger partial charge on any atom is -0.466 e. The van der Waals surface area contributed by atoms with Crippen molar-refractivity contribution in [2.45, 2.75) is 33.1 Å². The molecular formula is C18H22N2O3. The first-order chi connectivity index (χ1) is 10.9. The Morgan fingerprint density at radius 1 is 1.17 bits per heavy atom. The van der Waals surface area contributed by atoms with Crippen molar-refractivity contribution in [2.24, 2.45) is 5.73 Å². The highest BCUT2D eigenvalue weighted by atomic mass is 16.5. The lowest BCUT2D eigenvalue weighted by atomic mass is 9.84. The van der Waals surface area contributed by atoms with Crippen LogP contribution in [0.2, 0.25) is 0 Å². The quantitative estimate of drug-likeness (QED) is 0.870. The summed E-state index contributed by atoms with van der Waals surface area (Å²) in [6.45, 7) is 5.63. The van der Waals surface area contributed by atoms with Crippen LogP contribution in [0.5, 0.6) is 0 Å². The van der Waals surface area contributed by atoms with E-state index in [1.54, 1.807) is 6.92 Å². The number of nitrogens with zero attached hydrogens (tertiary/aromatic N) is 1. The summed E-state index contributed by atoms with van der Waals surface area (Å²) in [6.07, 6.45) is 0.449. The molecule has 1 aliphatic heterocycles. The lowest BCUT2D eigenvalue weighted by Crippen LogP contribution is -2.37. The van der Waals surface area contributed by atoms with E-state index < -0.39 is 12.0 Å². The van der Waals surface area contributed by atoms with E-state index in [4.69, 9.17) is 10.5 Å². The van der Waals surface area contributed by atoms with Crippen LogP contribution in [0.1, 0.15) is 38.7 Å². The third-order valence-corrected chi connectivity index (χ3v) is 4.41. The Hall–Kier alpha value is -2.56. The molecule has 0 aliphatic carbocycles. The molecule has 1 atom stereocenters. The average molecular weight is 314 g/mol. The minimum absolute atomic E-state index is 0.0609. The molecule has 1 heterocycles. The molecule has 0 saturated heterocycles. The first kappa shape index (κ1) is 16.8. The molecular weight excluding hydrogens is 292 g/mol. The predicted octanol–water partition coefficient (Wildman–Crippen LogP) is 3.30. The zero-order valence-electron chi connectivity index (χ0n) is 13.9. The van der Waals surface area contributed by atoms with Gasteiger partial charge in [-0.25, -0.2) is 9.59 Å². The Kier molecular flexibility index (Phi) is 4.89. The van der Waals surface area contributed by atoms with Crippen molar-refractivity contribution in [1.29, 1.82) is 0 Å². The zero-order valence-corrected chi connectivity index (χ0v) is 13.9. The molecule has 0 radical (unpaired) electrons. The van der Waals surface area contributed by atoms with Crippen molar-refractivity contribution in [3.8, 4) is 0 Å². The van der Waals surface area contributed by atoms with Crippen molar-refractivity contribution >= 4 is 12.0 Å². The number of nitrogens with two attached hydrogens (primary N) is 1. The number of hydrogen-bond donors (Lipinski definition) is 1. The molecule has 122 valence electrons. The Morgan fingerprint density at radius 2 is 1.78 bits per heavy atom. The number of carbonyl (C=O) groups is 2. The van der Waals surface area contributed by atoms with Crippen LogP contribution in [0.15, 0.2) is 52.9 Å². The summed E-state index contributed by atoms with van der Waals surface area (Å²) in [5.41, 5.74) is 9.40. The average Bonchev–Trinajstić information content (AvgIpc) is 2.54. The van der Waals surface area contributed by atoms with Crippen molar-refractivity contribution in [1.82, 2.24) is 4.90 Å². The summed E-state index contributed by atoms with van der Waals surface area (Å²) in [7, 11) is 1.34. The Balaban J connectivity index is 2.50. The van der Waals surface area contributed by atoms with Crippen LogP contribution in [0.3, 0.4) is 0 Å². The van der Waals surface area contributed by atoms with E-state index in [1.165, 1.54) is 12.0 Å². The molecule has 2 N–H and O–H groups in total. The van der Waals surface area contributed by atoms with Crippen LogP contribution in [0.25, 0.3) is 0 Å². The molecule has 1 unspecified atom stereocenters. The van der Waals surface area contributed by atoms with E-state index in [-0.39, 0.29) is 5.92 Å². The zero-order chi connectivity index (χ0) is 17.1. The van der Waals surface area contributed by atoms with Crippen molar-refractivity contribution < 1.29 is 14.3 Å². The topological polar surface area (TPSA) is 72.6 Å². The summed E-state index contributed by atoms with van der Waals surface area (Å²) < 4.78 is 4.86. The molecule has 5 heteroatoms. The third-order valence-electron chi connectivity index (χ3n) is 4.41. The molecule has 0 bridgehead atoms. The van der Waals surface area contributed by atoms with Crippen LogP contribution in [0, 0.1) is 0 Å². The highest BCUT2D eigenvalue weighted by Gasteiger charge is 2.31. The first-order valence-corrected chi connectivity index (χ1v) is 7.50. The summed E-state index contributed by atoms with van der Waals surface area (Å²) in [4.78, 5) is 25.3. The van der Waals surface area contributed by atoms with Gasteiger partial charge in [0, 0.05) is 23.7 Å². The summed E-state index contributed by atoms with van der Waals surface area (Å²) in [5, 5.41) is 0. The van der Waals surface area contributed by atoms with Gasteiger partial charge in [0.25, 0.3) is 0 Å². The summed E-state index contributed by atoms with van der Waals surface area (Å²) >= 11 is 0. The van der Waals surface area contributed by atoms with Crippen LogP contribution in [-0.4, -0.2) is 24.0 Å². The molecule has 0 fully saturated rings. The molecule has 1 aliphatic rings. The van der Waals surface area contributed by atoms with Gasteiger partial charge in [-0.05, 0) is 25.0 Å². The number of benzene rings is 1. The van der Waals surface area contributed by atoms with Crippen molar-refractivity contribution in [3.05, 3.63) is 58.4 Å². The number of ether oxygens (including phenoxy) is 1. The van der Waals surface area contributed by atoms with Gasteiger partial charge in [-0.1, -0.05) is 37.3 Å². The second kappa shape index (κ2) is 6.69. The summed E-state index contributed by atoms with van der Waals surface area (Å²) in [5.74, 6) is -0.371. The maximum atomic E-state index is 12.1. The van der Waals surface area contributed by atoms with Crippen LogP contribution in [0.4, 0.5) is 4.79 Å². The third kappa shape index (κ3) is 3.13. The molecule has 1 aromatic rings. The number of esters is 1. The number of allylic oxidation sites excluding steroid dienone is 3. The van der Waals surface area contributed by atoms with Gasteiger partial charge in [0.1, 0.15) is 0 Å². The molecule has 5 nitrogen and oxygen atoms in total. The lowest BCUT2D eigenvalue weighted by molar-refractivity contribution is -0.136. The Labute approximate surface area is 136 Å². The molecule has 0 aromatic heterocycles. The van der Waals surface area contributed by atoms with E-state index in [2.05, 4.69) is 6.92 Å². The fraction of sp³-hybridized carbons (Fsp3) is 0.333. The maximum Gasteiger partial charge on any atom is 0.335 e. The van der Waals surface area contributed by atoms with Crippen molar-refractivity contribution in [3.63, 3.8) is 0 Å². The van der Waals surface area contributed by atoms with Gasteiger partial charge in [0.05, 0.1) is 12.7 Å². The van der Waals surface area contributed by atoms with E-state index >= 15 is 0 Å². The standard InChI is InChI=1S/C18H22N2O3/c1-11(14-8-6-5-7-9-14)15-10-16(17(21)23-4)13(3)20(12(15)2)18(19)22/h5-9,11H,10H2,1-4H3,(H2,19,22). The van der Waals surface area contributed by atoms with Crippen molar-refractivity contribution in [2.75, 3.05) is 7.11 Å². The van der Waals surface area contributed by atoms with Gasteiger partial charge < -0.3 is 10.5 Å². The highest BCUT2D eigenvalue weighted by molar-refractivity contribution is 5.92. The van der Waals surface area contributed by atoms with Gasteiger partial charge in [-0.3, -0.25) is 4.90 Å². The van der Waals surface area contributed by atoms with Crippen LogP contribution >= 0.6 is 0 Å². The van der Waals surface area contributed by atoms with Gasteiger partial charge in [-0.2, -0.15) is 0 Å². The van der Waals surface area contributed by atoms with Crippen LogP contribution in [-0.2, 0) is 9.53 Å². The monoisotopic (exact) mass is 314 g/mol. The Bertz CT molecular complexity index is 689. The molecule has 2 amide bonds. The maximum absolute atomic E-state index is 12.1. The van der Waals surface area contributed by atoms with Gasteiger partial charge in [-0.15, -0.1) is 0 Å². The first-order valence-electron chi connectivity index (χ1n) is 7.50. The molecule has 0 saturated carbocycles. The normalized spacial score (nSPS) is 16.4. The number of urea groups is 1. The molecule has 0 spiro atoms. The highest BCUT2D eigenvalue weighted by Crippen LogP contribution is 2.38. The fourth-order valence-electron chi connectivity index (χ4n) is 3.06. The SMILES string of the molecule is COC(=O)C1=C(C)N(C(N)=O)C(C)=C(C(C)c2ccccc2)C1. The fourth-order valence-corrected chi connectivity index (χ4v) is 3.06. The van der Waals surface area contributed by atoms with E-state index in [0.29, 0.717) is 17.7 Å². The number of methoxy groups -OCH3 is 1. The number of amides is 2. The summed E-state index contributed by atoms with van der Waals surface area (Å²) in [6, 6.07) is 9.36. The second-order valence-corrected chi connectivity index (χ2v) is 5.65. The second-order valence-electron chi connectivity index (χ2n) is 5.65. The largest absolute Gasteiger partial charge is 0.466 e. The van der Waals surface area contributed by atoms with Crippen LogP contribution < -0.4 is 5.73 Å². The molecule has 2 rings (SSSR count). The number of primary amides is 1. The number of hydrogen-bond acceptors (Lipinski definition) is 3. The lowest BCUT2D eigenvalue weighted by Gasteiger charge is -2.33. The smallest absolute Gasteiger partial charge is 0.335 e.